The zero-order chi connectivity index (χ0) is 27.1. The molecule has 0 atom stereocenters. The molecular weight excluding hydrogens is 450 g/mol. The summed E-state index contributed by atoms with van der Waals surface area (Å²) < 4.78 is 0. The molecule has 0 saturated heterocycles. The summed E-state index contributed by atoms with van der Waals surface area (Å²) in [5.41, 5.74) is 0. The van der Waals surface area contributed by atoms with E-state index in [1.165, 1.54) is 161 Å². The summed E-state index contributed by atoms with van der Waals surface area (Å²) in [5, 5.41) is 3.07. The Morgan fingerprint density at radius 3 is 1.14 bits per heavy atom. The van der Waals surface area contributed by atoms with Crippen LogP contribution in [-0.4, -0.2) is 12.5 Å². The van der Waals surface area contributed by atoms with Crippen LogP contribution in [0.5, 0.6) is 0 Å². The number of nitrogens with one attached hydrogen (secondary N) is 1. The van der Waals surface area contributed by atoms with E-state index < -0.39 is 0 Å². The van der Waals surface area contributed by atoms with Crippen LogP contribution in [-0.2, 0) is 4.79 Å². The number of unbranched alkanes of at least 4 members (excludes halogenated alkanes) is 21. The maximum absolute atomic E-state index is 11.6. The van der Waals surface area contributed by atoms with Crippen molar-refractivity contribution in [1.29, 1.82) is 0 Å². The molecule has 0 fully saturated rings. The molecule has 222 valence electrons. The predicted molar refractivity (Wildman–Crippen MR) is 167 cm³/mol. The van der Waals surface area contributed by atoms with Crippen molar-refractivity contribution in [2.75, 3.05) is 6.54 Å². The molecule has 0 saturated carbocycles. The molecule has 0 radical (unpaired) electrons. The van der Waals surface area contributed by atoms with Crippen LogP contribution in [0.1, 0.15) is 207 Å². The van der Waals surface area contributed by atoms with Crippen molar-refractivity contribution < 1.29 is 4.79 Å². The molecule has 0 aliphatic heterocycles. The minimum absolute atomic E-state index is 0.246. The van der Waals surface area contributed by atoms with Gasteiger partial charge in [-0.2, -0.15) is 0 Å². The van der Waals surface area contributed by atoms with E-state index in [1.807, 2.05) is 0 Å². The summed E-state index contributed by atoms with van der Waals surface area (Å²) in [4.78, 5) is 11.6. The first-order chi connectivity index (χ1) is 18.2. The third-order valence-corrected chi connectivity index (χ3v) is 8.30. The quantitative estimate of drug-likeness (QED) is 0.0903. The summed E-state index contributed by atoms with van der Waals surface area (Å²) in [6, 6.07) is 0. The number of amides is 1. The molecule has 1 amide bonds. The van der Waals surface area contributed by atoms with Crippen LogP contribution in [0.15, 0.2) is 0 Å². The fourth-order valence-corrected chi connectivity index (χ4v) is 5.66. The predicted octanol–water partition coefficient (Wildman–Crippen LogP) is 12.1. The summed E-state index contributed by atoms with van der Waals surface area (Å²) >= 11 is 0. The molecule has 0 heterocycles. The van der Waals surface area contributed by atoms with Gasteiger partial charge in [0.05, 0.1) is 0 Å². The Labute approximate surface area is 235 Å². The highest BCUT2D eigenvalue weighted by molar-refractivity contribution is 5.75. The van der Waals surface area contributed by atoms with Crippen molar-refractivity contribution in [3.8, 4) is 0 Å². The van der Waals surface area contributed by atoms with Gasteiger partial charge >= 0.3 is 0 Å². The van der Waals surface area contributed by atoms with E-state index in [0.717, 1.165) is 31.7 Å². The number of carbonyl (C=O) groups excluding carboxylic acids is 1. The molecule has 0 aromatic heterocycles. The van der Waals surface area contributed by atoms with Gasteiger partial charge in [0.1, 0.15) is 0 Å². The minimum atomic E-state index is 0.246. The number of rotatable bonds is 31. The Hall–Kier alpha value is -0.530. The molecule has 0 aliphatic carbocycles. The maximum atomic E-state index is 11.6. The lowest BCUT2D eigenvalue weighted by atomic mass is 9.89. The highest BCUT2D eigenvalue weighted by Gasteiger charge is 2.09. The molecular formula is C35H71NO. The molecule has 0 unspecified atom stereocenters. The average molecular weight is 522 g/mol. The Bertz CT molecular complexity index is 415. The molecule has 1 N–H and O–H groups in total. The zero-order valence-corrected chi connectivity index (χ0v) is 26.2. The second-order valence-electron chi connectivity index (χ2n) is 12.1. The van der Waals surface area contributed by atoms with E-state index in [9.17, 15) is 4.79 Å². The Kier molecular flexibility index (Phi) is 31.2. The minimum Gasteiger partial charge on any atom is -0.356 e. The SMILES string of the molecule is CCCCCCCCCCC(CCCCCCCCCC)CCCCCCCCCNC(=O)CCCC. The van der Waals surface area contributed by atoms with Crippen molar-refractivity contribution in [2.45, 2.75) is 207 Å². The lowest BCUT2D eigenvalue weighted by Gasteiger charge is -2.17. The van der Waals surface area contributed by atoms with Crippen LogP contribution in [0.25, 0.3) is 0 Å². The van der Waals surface area contributed by atoms with Crippen LogP contribution in [0.3, 0.4) is 0 Å². The smallest absolute Gasteiger partial charge is 0.219 e. The van der Waals surface area contributed by atoms with Crippen molar-refractivity contribution in [2.24, 2.45) is 5.92 Å². The number of hydrogen-bond acceptors (Lipinski definition) is 1. The molecule has 0 spiro atoms. The summed E-state index contributed by atoms with van der Waals surface area (Å²) in [6.07, 6.45) is 39.9. The summed E-state index contributed by atoms with van der Waals surface area (Å²) in [5.74, 6) is 1.24. The average Bonchev–Trinajstić information content (AvgIpc) is 2.90. The second-order valence-corrected chi connectivity index (χ2v) is 12.1. The molecule has 0 aromatic rings. The highest BCUT2D eigenvalue weighted by Crippen LogP contribution is 2.25. The largest absolute Gasteiger partial charge is 0.356 e. The zero-order valence-electron chi connectivity index (χ0n) is 26.2. The van der Waals surface area contributed by atoms with E-state index in [4.69, 9.17) is 0 Å². The van der Waals surface area contributed by atoms with E-state index in [2.05, 4.69) is 26.1 Å². The van der Waals surface area contributed by atoms with E-state index in [-0.39, 0.29) is 5.91 Å². The van der Waals surface area contributed by atoms with Crippen molar-refractivity contribution in [3.05, 3.63) is 0 Å². The van der Waals surface area contributed by atoms with E-state index in [1.54, 1.807) is 0 Å². The first kappa shape index (κ1) is 36.5. The molecule has 0 aliphatic rings. The third kappa shape index (κ3) is 29.9. The van der Waals surface area contributed by atoms with E-state index >= 15 is 0 Å². The van der Waals surface area contributed by atoms with Gasteiger partial charge in [0.25, 0.3) is 0 Å². The third-order valence-electron chi connectivity index (χ3n) is 8.30. The van der Waals surface area contributed by atoms with Crippen molar-refractivity contribution >= 4 is 5.91 Å². The van der Waals surface area contributed by atoms with Gasteiger partial charge in [0.15, 0.2) is 0 Å². The normalized spacial score (nSPS) is 11.5. The van der Waals surface area contributed by atoms with E-state index in [0.29, 0.717) is 6.42 Å². The van der Waals surface area contributed by atoms with Crippen molar-refractivity contribution in [3.63, 3.8) is 0 Å². The topological polar surface area (TPSA) is 29.1 Å². The molecule has 2 nitrogen and oxygen atoms in total. The molecule has 0 bridgehead atoms. The first-order valence-corrected chi connectivity index (χ1v) is 17.5. The summed E-state index contributed by atoms with van der Waals surface area (Å²) in [7, 11) is 0. The Balaban J connectivity index is 3.85. The number of hydrogen-bond donors (Lipinski definition) is 1. The molecule has 0 aromatic carbocycles. The fraction of sp³-hybridized carbons (Fsp3) is 0.971. The van der Waals surface area contributed by atoms with Crippen LogP contribution in [0, 0.1) is 5.92 Å². The van der Waals surface area contributed by atoms with Crippen molar-refractivity contribution in [1.82, 2.24) is 5.32 Å². The van der Waals surface area contributed by atoms with Gasteiger partial charge in [-0.25, -0.2) is 0 Å². The number of carbonyl (C=O) groups is 1. The van der Waals surface area contributed by atoms with Gasteiger partial charge in [-0.3, -0.25) is 4.79 Å². The first-order valence-electron chi connectivity index (χ1n) is 17.5. The lowest BCUT2D eigenvalue weighted by molar-refractivity contribution is -0.121. The van der Waals surface area contributed by atoms with Gasteiger partial charge in [0.2, 0.25) is 5.91 Å². The van der Waals surface area contributed by atoms with Gasteiger partial charge in [-0.1, -0.05) is 188 Å². The van der Waals surface area contributed by atoms with Gasteiger partial charge < -0.3 is 5.32 Å². The highest BCUT2D eigenvalue weighted by atomic mass is 16.1. The standard InChI is InChI=1S/C35H71NO/c1-4-7-10-12-14-17-21-25-29-34(30-26-22-18-15-13-11-8-5-2)31-27-23-19-16-20-24-28-33-36-35(37)32-9-6-3/h34H,4-33H2,1-3H3,(H,36,37). The van der Waals surface area contributed by atoms with Crippen LogP contribution in [0.4, 0.5) is 0 Å². The molecule has 2 heteroatoms. The second kappa shape index (κ2) is 31.7. The monoisotopic (exact) mass is 522 g/mol. The molecule has 37 heavy (non-hydrogen) atoms. The summed E-state index contributed by atoms with van der Waals surface area (Å²) in [6.45, 7) is 7.64. The van der Waals surface area contributed by atoms with Crippen LogP contribution >= 0.6 is 0 Å². The van der Waals surface area contributed by atoms with Gasteiger partial charge in [-0.05, 0) is 18.8 Å². The fourth-order valence-electron chi connectivity index (χ4n) is 5.66. The van der Waals surface area contributed by atoms with Gasteiger partial charge in [0, 0.05) is 13.0 Å². The van der Waals surface area contributed by atoms with Crippen LogP contribution < -0.4 is 5.32 Å². The Morgan fingerprint density at radius 2 is 0.757 bits per heavy atom. The van der Waals surface area contributed by atoms with Crippen LogP contribution in [0.2, 0.25) is 0 Å². The lowest BCUT2D eigenvalue weighted by Crippen LogP contribution is -2.23. The van der Waals surface area contributed by atoms with Gasteiger partial charge in [-0.15, -0.1) is 0 Å². The molecule has 0 rings (SSSR count). The Morgan fingerprint density at radius 1 is 0.432 bits per heavy atom. The maximum Gasteiger partial charge on any atom is 0.219 e.